The maximum atomic E-state index is 12.5. The standard InChI is InChI=1S/C24H44O4/c1-19(2)13-7-5-11-17-27-23(25)21-15-9-10-16-22(21)24(26)28-18-12-6-8-14-20(3)4/h19-22H,5-18H2,1-4H3. The van der Waals surface area contributed by atoms with Crippen LogP contribution in [0.1, 0.15) is 105 Å². The van der Waals surface area contributed by atoms with Crippen LogP contribution in [0.15, 0.2) is 0 Å². The fourth-order valence-electron chi connectivity index (χ4n) is 3.92. The molecule has 2 unspecified atom stereocenters. The monoisotopic (exact) mass is 396 g/mol. The summed E-state index contributed by atoms with van der Waals surface area (Å²) in [5, 5.41) is 0. The van der Waals surface area contributed by atoms with E-state index in [4.69, 9.17) is 9.47 Å². The van der Waals surface area contributed by atoms with Crippen LogP contribution in [0.2, 0.25) is 0 Å². The summed E-state index contributed by atoms with van der Waals surface area (Å²) < 4.78 is 11.0. The predicted octanol–water partition coefficient (Wildman–Crippen LogP) is 6.31. The number of rotatable bonds is 14. The number of carbonyl (C=O) groups is 2. The largest absolute Gasteiger partial charge is 0.465 e. The van der Waals surface area contributed by atoms with E-state index in [1.807, 2.05) is 0 Å². The lowest BCUT2D eigenvalue weighted by molar-refractivity contribution is -0.163. The van der Waals surface area contributed by atoms with Crippen LogP contribution in [-0.2, 0) is 19.1 Å². The van der Waals surface area contributed by atoms with Crippen molar-refractivity contribution in [1.82, 2.24) is 0 Å². The van der Waals surface area contributed by atoms with Gasteiger partial charge in [0.1, 0.15) is 0 Å². The minimum atomic E-state index is -0.308. The van der Waals surface area contributed by atoms with E-state index in [0.29, 0.717) is 13.2 Å². The van der Waals surface area contributed by atoms with E-state index in [0.717, 1.165) is 63.2 Å². The Morgan fingerprint density at radius 3 is 1.43 bits per heavy atom. The van der Waals surface area contributed by atoms with E-state index in [9.17, 15) is 9.59 Å². The van der Waals surface area contributed by atoms with E-state index in [1.165, 1.54) is 25.7 Å². The summed E-state index contributed by atoms with van der Waals surface area (Å²) in [5.41, 5.74) is 0. The van der Waals surface area contributed by atoms with Crippen LogP contribution in [0, 0.1) is 23.7 Å². The van der Waals surface area contributed by atoms with Crippen LogP contribution in [0.5, 0.6) is 0 Å². The highest BCUT2D eigenvalue weighted by atomic mass is 16.5. The van der Waals surface area contributed by atoms with Crippen molar-refractivity contribution in [3.8, 4) is 0 Å². The van der Waals surface area contributed by atoms with Crippen molar-refractivity contribution in [1.29, 1.82) is 0 Å². The molecular formula is C24H44O4. The number of hydrogen-bond donors (Lipinski definition) is 0. The molecule has 2 atom stereocenters. The van der Waals surface area contributed by atoms with Crippen molar-refractivity contribution in [2.45, 2.75) is 105 Å². The predicted molar refractivity (Wildman–Crippen MR) is 114 cm³/mol. The number of unbranched alkanes of at least 4 members (excludes halogenated alkanes) is 4. The summed E-state index contributed by atoms with van der Waals surface area (Å²) in [5.74, 6) is 0.458. The maximum absolute atomic E-state index is 12.5. The summed E-state index contributed by atoms with van der Waals surface area (Å²) in [7, 11) is 0. The fourth-order valence-corrected chi connectivity index (χ4v) is 3.92. The number of esters is 2. The van der Waals surface area contributed by atoms with E-state index in [-0.39, 0.29) is 23.8 Å². The van der Waals surface area contributed by atoms with Gasteiger partial charge in [-0.2, -0.15) is 0 Å². The SMILES string of the molecule is CC(C)CCCCCOC(=O)C1CCCCC1C(=O)OCCCCCC(C)C. The maximum Gasteiger partial charge on any atom is 0.309 e. The zero-order chi connectivity index (χ0) is 20.8. The molecule has 28 heavy (non-hydrogen) atoms. The zero-order valence-electron chi connectivity index (χ0n) is 18.8. The molecule has 1 fully saturated rings. The second-order valence-electron chi connectivity index (χ2n) is 9.32. The zero-order valence-corrected chi connectivity index (χ0v) is 18.8. The molecule has 0 radical (unpaired) electrons. The van der Waals surface area contributed by atoms with Crippen molar-refractivity contribution in [2.75, 3.05) is 13.2 Å². The third kappa shape index (κ3) is 11.1. The molecule has 0 saturated heterocycles. The summed E-state index contributed by atoms with van der Waals surface area (Å²) >= 11 is 0. The fraction of sp³-hybridized carbons (Fsp3) is 0.917. The number of ether oxygens (including phenoxy) is 2. The first-order chi connectivity index (χ1) is 13.4. The van der Waals surface area contributed by atoms with Gasteiger partial charge in [0.15, 0.2) is 0 Å². The van der Waals surface area contributed by atoms with Gasteiger partial charge in [0.25, 0.3) is 0 Å². The smallest absolute Gasteiger partial charge is 0.309 e. The molecule has 0 aromatic carbocycles. The summed E-state index contributed by atoms with van der Waals surface area (Å²) in [6, 6.07) is 0. The summed E-state index contributed by atoms with van der Waals surface area (Å²) in [6.07, 6.45) is 12.3. The normalized spacial score (nSPS) is 19.8. The van der Waals surface area contributed by atoms with Gasteiger partial charge in [0.05, 0.1) is 25.0 Å². The molecule has 0 aromatic rings. The van der Waals surface area contributed by atoms with Gasteiger partial charge in [-0.3, -0.25) is 9.59 Å². The van der Waals surface area contributed by atoms with Gasteiger partial charge in [-0.05, 0) is 37.5 Å². The van der Waals surface area contributed by atoms with E-state index < -0.39 is 0 Å². The molecule has 1 rings (SSSR count). The van der Waals surface area contributed by atoms with Crippen molar-refractivity contribution < 1.29 is 19.1 Å². The number of hydrogen-bond acceptors (Lipinski definition) is 4. The highest BCUT2D eigenvalue weighted by Gasteiger charge is 2.37. The molecule has 0 amide bonds. The van der Waals surface area contributed by atoms with Crippen LogP contribution in [0.25, 0.3) is 0 Å². The molecule has 1 saturated carbocycles. The molecule has 1 aliphatic carbocycles. The van der Waals surface area contributed by atoms with E-state index >= 15 is 0 Å². The molecule has 4 nitrogen and oxygen atoms in total. The van der Waals surface area contributed by atoms with Gasteiger partial charge in [-0.1, -0.05) is 79.1 Å². The lowest BCUT2D eigenvalue weighted by atomic mass is 9.79. The van der Waals surface area contributed by atoms with E-state index in [1.54, 1.807) is 0 Å². The minimum absolute atomic E-state index is 0.192. The Bertz CT molecular complexity index is 390. The Balaban J connectivity index is 2.27. The van der Waals surface area contributed by atoms with Crippen LogP contribution in [0.4, 0.5) is 0 Å². The highest BCUT2D eigenvalue weighted by Crippen LogP contribution is 2.32. The molecule has 164 valence electrons. The van der Waals surface area contributed by atoms with Crippen molar-refractivity contribution in [2.24, 2.45) is 23.7 Å². The first kappa shape index (κ1) is 25.0. The first-order valence-corrected chi connectivity index (χ1v) is 11.7. The average Bonchev–Trinajstić information content (AvgIpc) is 2.66. The van der Waals surface area contributed by atoms with Crippen molar-refractivity contribution >= 4 is 11.9 Å². The Morgan fingerprint density at radius 2 is 1.07 bits per heavy atom. The average molecular weight is 397 g/mol. The first-order valence-electron chi connectivity index (χ1n) is 11.7. The Kier molecular flexibility index (Phi) is 13.3. The Hall–Kier alpha value is -1.06. The summed E-state index contributed by atoms with van der Waals surface area (Å²) in [6.45, 7) is 9.88. The van der Waals surface area contributed by atoms with Crippen LogP contribution in [0.3, 0.4) is 0 Å². The van der Waals surface area contributed by atoms with E-state index in [2.05, 4.69) is 27.7 Å². The second kappa shape index (κ2) is 14.9. The quantitative estimate of drug-likeness (QED) is 0.255. The van der Waals surface area contributed by atoms with Gasteiger partial charge >= 0.3 is 11.9 Å². The molecular weight excluding hydrogens is 352 g/mol. The third-order valence-corrected chi connectivity index (χ3v) is 5.71. The Labute approximate surface area is 173 Å². The lowest BCUT2D eigenvalue weighted by Crippen LogP contribution is -2.35. The molecule has 0 heterocycles. The van der Waals surface area contributed by atoms with Crippen molar-refractivity contribution in [3.63, 3.8) is 0 Å². The third-order valence-electron chi connectivity index (χ3n) is 5.71. The molecule has 4 heteroatoms. The Morgan fingerprint density at radius 1 is 0.679 bits per heavy atom. The summed E-state index contributed by atoms with van der Waals surface area (Å²) in [4.78, 5) is 25.0. The molecule has 0 N–H and O–H groups in total. The topological polar surface area (TPSA) is 52.6 Å². The van der Waals surface area contributed by atoms with Gasteiger partial charge in [0.2, 0.25) is 0 Å². The molecule has 0 bridgehead atoms. The van der Waals surface area contributed by atoms with Crippen molar-refractivity contribution in [3.05, 3.63) is 0 Å². The second-order valence-corrected chi connectivity index (χ2v) is 9.32. The van der Waals surface area contributed by atoms with Crippen LogP contribution in [-0.4, -0.2) is 25.2 Å². The molecule has 0 aromatic heterocycles. The van der Waals surface area contributed by atoms with Gasteiger partial charge in [-0.25, -0.2) is 0 Å². The lowest BCUT2D eigenvalue weighted by Gasteiger charge is -2.28. The van der Waals surface area contributed by atoms with Crippen LogP contribution < -0.4 is 0 Å². The molecule has 1 aliphatic rings. The molecule has 0 spiro atoms. The van der Waals surface area contributed by atoms with Crippen LogP contribution >= 0.6 is 0 Å². The van der Waals surface area contributed by atoms with Gasteiger partial charge in [0, 0.05) is 0 Å². The highest BCUT2D eigenvalue weighted by molar-refractivity contribution is 5.82. The van der Waals surface area contributed by atoms with Gasteiger partial charge in [-0.15, -0.1) is 0 Å². The number of carbonyl (C=O) groups excluding carboxylic acids is 2. The van der Waals surface area contributed by atoms with Gasteiger partial charge < -0.3 is 9.47 Å². The molecule has 0 aliphatic heterocycles. The minimum Gasteiger partial charge on any atom is -0.465 e.